The first kappa shape index (κ1) is 18.3. The number of halogens is 1. The van der Waals surface area contributed by atoms with Gasteiger partial charge in [0.1, 0.15) is 0 Å². The van der Waals surface area contributed by atoms with Crippen molar-refractivity contribution in [2.75, 3.05) is 7.11 Å². The maximum Gasteiger partial charge on any atom is 0.330 e. The first-order valence-corrected chi connectivity index (χ1v) is 6.53. The number of carbonyl (C=O) groups is 1. The van der Waals surface area contributed by atoms with Crippen molar-refractivity contribution in [2.24, 2.45) is 0 Å². The maximum atomic E-state index is 10.7. The van der Waals surface area contributed by atoms with Crippen molar-refractivity contribution in [1.82, 2.24) is 0 Å². The van der Waals surface area contributed by atoms with E-state index in [-0.39, 0.29) is 5.97 Å². The molecule has 0 heterocycles. The molecule has 0 N–H and O–H groups in total. The van der Waals surface area contributed by atoms with Crippen LogP contribution >= 0.6 is 15.9 Å². The summed E-state index contributed by atoms with van der Waals surface area (Å²) in [5, 5.41) is 0. The van der Waals surface area contributed by atoms with Crippen LogP contribution in [0.2, 0.25) is 0 Å². The number of hydrogen-bond donors (Lipinski definition) is 0. The molecule has 0 aliphatic heterocycles. The molecule has 2 nitrogen and oxygen atoms in total. The second-order valence-corrected chi connectivity index (χ2v) is 3.32. The zero-order valence-electron chi connectivity index (χ0n) is 11.2. The fraction of sp³-hybridized carbons (Fsp3) is 0.357. The highest BCUT2D eigenvalue weighted by Crippen LogP contribution is 2.11. The van der Waals surface area contributed by atoms with Gasteiger partial charge >= 0.3 is 5.97 Å². The van der Waals surface area contributed by atoms with E-state index in [0.29, 0.717) is 0 Å². The Hall–Kier alpha value is -1.09. The van der Waals surface area contributed by atoms with Crippen molar-refractivity contribution >= 4 is 28.0 Å². The smallest absolute Gasteiger partial charge is 0.330 e. The van der Waals surface area contributed by atoms with Crippen LogP contribution in [0.3, 0.4) is 0 Å². The van der Waals surface area contributed by atoms with Gasteiger partial charge in [0, 0.05) is 10.5 Å². The molecule has 0 spiro atoms. The Morgan fingerprint density at radius 2 is 1.59 bits per heavy atom. The number of carbonyl (C=O) groups excluding carboxylic acids is 1. The van der Waals surface area contributed by atoms with Gasteiger partial charge < -0.3 is 4.74 Å². The summed E-state index contributed by atoms with van der Waals surface area (Å²) in [6.07, 6.45) is 3.10. The Balaban J connectivity index is 0. The van der Waals surface area contributed by atoms with E-state index in [0.717, 1.165) is 10.0 Å². The van der Waals surface area contributed by atoms with Crippen LogP contribution in [0.25, 0.3) is 6.08 Å². The minimum absolute atomic E-state index is 0.345. The molecule has 0 aliphatic carbocycles. The third kappa shape index (κ3) is 9.82. The Bertz CT molecular complexity index is 315. The van der Waals surface area contributed by atoms with Crippen molar-refractivity contribution in [3.63, 3.8) is 0 Å². The molecular weight excluding hydrogens is 280 g/mol. The Labute approximate surface area is 113 Å². The maximum absolute atomic E-state index is 10.7. The van der Waals surface area contributed by atoms with Crippen molar-refractivity contribution in [1.29, 1.82) is 0 Å². The van der Waals surface area contributed by atoms with Crippen LogP contribution in [0.1, 0.15) is 33.3 Å². The van der Waals surface area contributed by atoms with Gasteiger partial charge in [-0.3, -0.25) is 0 Å². The predicted octanol–water partition coefficient (Wildman–Crippen LogP) is 4.69. The summed E-state index contributed by atoms with van der Waals surface area (Å²) in [5.74, 6) is -0.345. The Kier molecular flexibility index (Phi) is 14.0. The lowest BCUT2D eigenvalue weighted by Crippen LogP contribution is -1.93. The van der Waals surface area contributed by atoms with Gasteiger partial charge in [0.25, 0.3) is 0 Å². The van der Waals surface area contributed by atoms with Gasteiger partial charge in [0.05, 0.1) is 7.11 Å². The largest absolute Gasteiger partial charge is 0.466 e. The lowest BCUT2D eigenvalue weighted by Gasteiger charge is -1.93. The zero-order chi connectivity index (χ0) is 13.7. The highest BCUT2D eigenvalue weighted by atomic mass is 79.9. The average molecular weight is 301 g/mol. The van der Waals surface area contributed by atoms with Gasteiger partial charge in [-0.2, -0.15) is 0 Å². The molecule has 0 unspecified atom stereocenters. The van der Waals surface area contributed by atoms with Gasteiger partial charge in [-0.05, 0) is 23.8 Å². The van der Waals surface area contributed by atoms with Crippen LogP contribution < -0.4 is 0 Å². The average Bonchev–Trinajstić information content (AvgIpc) is 2.42. The van der Waals surface area contributed by atoms with Gasteiger partial charge in [-0.15, -0.1) is 0 Å². The van der Waals surface area contributed by atoms with Crippen molar-refractivity contribution in [3.05, 3.63) is 40.4 Å². The first-order chi connectivity index (χ1) is 8.22. The molecule has 0 fully saturated rings. The summed E-state index contributed by atoms with van der Waals surface area (Å²) in [7, 11) is 1.36. The number of rotatable bonds is 2. The van der Waals surface area contributed by atoms with E-state index in [2.05, 4.69) is 20.7 Å². The van der Waals surface area contributed by atoms with Crippen molar-refractivity contribution < 1.29 is 9.53 Å². The SMILES string of the molecule is CC.CC.COC(=O)/C=C/c1ccc(Br)cc1. The van der Waals surface area contributed by atoms with Crippen molar-refractivity contribution in [2.45, 2.75) is 27.7 Å². The van der Waals surface area contributed by atoms with Crippen LogP contribution in [0.15, 0.2) is 34.8 Å². The third-order valence-corrected chi connectivity index (χ3v) is 2.01. The second-order valence-electron chi connectivity index (χ2n) is 2.41. The quantitative estimate of drug-likeness (QED) is 0.585. The Morgan fingerprint density at radius 1 is 1.12 bits per heavy atom. The van der Waals surface area contributed by atoms with Gasteiger partial charge in [-0.25, -0.2) is 4.79 Å². The lowest BCUT2D eigenvalue weighted by molar-refractivity contribution is -0.134. The van der Waals surface area contributed by atoms with Crippen molar-refractivity contribution in [3.8, 4) is 0 Å². The van der Waals surface area contributed by atoms with Crippen LogP contribution in [-0.2, 0) is 9.53 Å². The van der Waals surface area contributed by atoms with Gasteiger partial charge in [-0.1, -0.05) is 55.8 Å². The summed E-state index contributed by atoms with van der Waals surface area (Å²) < 4.78 is 5.48. The number of benzene rings is 1. The molecule has 3 heteroatoms. The number of esters is 1. The molecule has 0 saturated carbocycles. The van der Waals surface area contributed by atoms with E-state index in [4.69, 9.17) is 0 Å². The van der Waals surface area contributed by atoms with E-state index in [1.54, 1.807) is 6.08 Å². The minimum atomic E-state index is -0.345. The molecule has 0 aromatic heterocycles. The number of hydrogen-bond acceptors (Lipinski definition) is 2. The molecule has 17 heavy (non-hydrogen) atoms. The van der Waals surface area contributed by atoms with E-state index in [1.165, 1.54) is 13.2 Å². The fourth-order valence-electron chi connectivity index (χ4n) is 0.806. The molecule has 96 valence electrons. The second kappa shape index (κ2) is 13.0. The molecule has 0 atom stereocenters. The number of ether oxygens (including phenoxy) is 1. The summed E-state index contributed by atoms with van der Waals surface area (Å²) in [5.41, 5.74) is 0.966. The zero-order valence-corrected chi connectivity index (χ0v) is 12.7. The number of methoxy groups -OCH3 is 1. The van der Waals surface area contributed by atoms with Gasteiger partial charge in [0.2, 0.25) is 0 Å². The monoisotopic (exact) mass is 300 g/mol. The highest BCUT2D eigenvalue weighted by Gasteiger charge is 1.91. The highest BCUT2D eigenvalue weighted by molar-refractivity contribution is 9.10. The molecule has 0 amide bonds. The summed E-state index contributed by atoms with van der Waals surface area (Å²) in [6.45, 7) is 8.00. The lowest BCUT2D eigenvalue weighted by atomic mass is 10.2. The normalized spacial score (nSPS) is 8.59. The Morgan fingerprint density at radius 3 is 2.00 bits per heavy atom. The molecule has 0 saturated heterocycles. The first-order valence-electron chi connectivity index (χ1n) is 5.74. The van der Waals surface area contributed by atoms with E-state index >= 15 is 0 Å². The molecule has 1 aromatic carbocycles. The minimum Gasteiger partial charge on any atom is -0.466 e. The van der Waals surface area contributed by atoms with E-state index in [9.17, 15) is 4.79 Å². The summed E-state index contributed by atoms with van der Waals surface area (Å²) in [6, 6.07) is 7.64. The van der Waals surface area contributed by atoms with E-state index in [1.807, 2.05) is 52.0 Å². The van der Waals surface area contributed by atoms with Crippen LogP contribution in [-0.4, -0.2) is 13.1 Å². The molecular formula is C14H21BrO2. The fourth-order valence-corrected chi connectivity index (χ4v) is 1.07. The topological polar surface area (TPSA) is 26.3 Å². The van der Waals surface area contributed by atoms with Gasteiger partial charge in [0.15, 0.2) is 0 Å². The summed E-state index contributed by atoms with van der Waals surface area (Å²) in [4.78, 5) is 10.7. The van der Waals surface area contributed by atoms with Crippen LogP contribution in [0.5, 0.6) is 0 Å². The predicted molar refractivity (Wildman–Crippen MR) is 77.9 cm³/mol. The molecule has 1 rings (SSSR count). The molecule has 0 bridgehead atoms. The third-order valence-electron chi connectivity index (χ3n) is 1.48. The van der Waals surface area contributed by atoms with E-state index < -0.39 is 0 Å². The standard InChI is InChI=1S/C10H9BrO2.2C2H6/c1-13-10(12)7-4-8-2-5-9(11)6-3-8;2*1-2/h2-7H,1H3;2*1-2H3/b7-4+;;. The molecule has 1 aromatic rings. The van der Waals surface area contributed by atoms with Crippen LogP contribution in [0.4, 0.5) is 0 Å². The summed E-state index contributed by atoms with van der Waals surface area (Å²) >= 11 is 3.32. The molecule has 0 aliphatic rings. The molecule has 0 radical (unpaired) electrons. The van der Waals surface area contributed by atoms with Crippen LogP contribution in [0, 0.1) is 0 Å².